The first-order valence-electron chi connectivity index (χ1n) is 9.89. The quantitative estimate of drug-likeness (QED) is 0.868. The molecule has 1 amide bonds. The van der Waals surface area contributed by atoms with Crippen molar-refractivity contribution in [1.29, 1.82) is 0 Å². The zero-order valence-electron chi connectivity index (χ0n) is 16.0. The van der Waals surface area contributed by atoms with Crippen LogP contribution < -0.4 is 10.9 Å². The molecule has 1 aromatic carbocycles. The second kappa shape index (κ2) is 7.82. The standard InChI is InChI=1S/C21H28N4O2/c1-14-11-19(27-24-14)18-12-22-23-20(18)17-9-6-10-25(13-17)21(26)15(2)16-7-4-3-5-8-16/h3-5,7-8,11,15,17-18,20,22-23H,6,9-10,12-13H2,1-2H3. The van der Waals surface area contributed by atoms with Gasteiger partial charge in [-0.05, 0) is 38.2 Å². The molecule has 0 aliphatic carbocycles. The summed E-state index contributed by atoms with van der Waals surface area (Å²) in [5.74, 6) is 1.70. The Morgan fingerprint density at radius 3 is 2.89 bits per heavy atom. The van der Waals surface area contributed by atoms with E-state index in [-0.39, 0.29) is 23.8 Å². The third kappa shape index (κ3) is 3.77. The maximum atomic E-state index is 13.1. The number of nitrogens with one attached hydrogen (secondary N) is 2. The van der Waals surface area contributed by atoms with Gasteiger partial charge in [-0.25, -0.2) is 0 Å². The van der Waals surface area contributed by atoms with Gasteiger partial charge >= 0.3 is 0 Å². The van der Waals surface area contributed by atoms with Gasteiger partial charge in [0.2, 0.25) is 5.91 Å². The van der Waals surface area contributed by atoms with Crippen LogP contribution >= 0.6 is 0 Å². The average molecular weight is 368 g/mol. The maximum absolute atomic E-state index is 13.1. The highest BCUT2D eigenvalue weighted by Crippen LogP contribution is 2.33. The third-order valence-electron chi connectivity index (χ3n) is 5.98. The minimum absolute atomic E-state index is 0.104. The van der Waals surface area contributed by atoms with E-state index in [9.17, 15) is 4.79 Å². The summed E-state index contributed by atoms with van der Waals surface area (Å²) in [6.45, 7) is 6.42. The van der Waals surface area contributed by atoms with Crippen molar-refractivity contribution in [3.8, 4) is 0 Å². The van der Waals surface area contributed by atoms with Crippen LogP contribution in [0.2, 0.25) is 0 Å². The number of nitrogens with zero attached hydrogens (tertiary/aromatic N) is 2. The summed E-state index contributed by atoms with van der Waals surface area (Å²) in [5.41, 5.74) is 8.70. The minimum atomic E-state index is -0.104. The number of amides is 1. The van der Waals surface area contributed by atoms with Gasteiger partial charge in [-0.2, -0.15) is 0 Å². The van der Waals surface area contributed by atoms with E-state index in [1.165, 1.54) is 0 Å². The fourth-order valence-electron chi connectivity index (χ4n) is 4.46. The van der Waals surface area contributed by atoms with E-state index in [1.807, 2.05) is 50.2 Å². The fraction of sp³-hybridized carbons (Fsp3) is 0.524. The maximum Gasteiger partial charge on any atom is 0.229 e. The summed E-state index contributed by atoms with van der Waals surface area (Å²) in [6, 6.07) is 12.3. The molecule has 27 heavy (non-hydrogen) atoms. The Labute approximate surface area is 160 Å². The van der Waals surface area contributed by atoms with Gasteiger partial charge in [-0.3, -0.25) is 15.6 Å². The van der Waals surface area contributed by atoms with Crippen LogP contribution in [-0.2, 0) is 4.79 Å². The van der Waals surface area contributed by atoms with Crippen molar-refractivity contribution in [2.45, 2.75) is 44.6 Å². The molecule has 2 fully saturated rings. The normalized spacial score (nSPS) is 26.9. The lowest BCUT2D eigenvalue weighted by Crippen LogP contribution is -2.49. The SMILES string of the molecule is Cc1cc(C2CNNC2C2CCCN(C(=O)C(C)c3ccccc3)C2)on1. The lowest BCUT2D eigenvalue weighted by atomic mass is 9.82. The second-order valence-corrected chi connectivity index (χ2v) is 7.85. The van der Waals surface area contributed by atoms with Crippen LogP contribution in [0.15, 0.2) is 40.9 Å². The lowest BCUT2D eigenvalue weighted by molar-refractivity contribution is -0.134. The van der Waals surface area contributed by atoms with E-state index < -0.39 is 0 Å². The molecule has 4 unspecified atom stereocenters. The third-order valence-corrected chi connectivity index (χ3v) is 5.98. The molecule has 2 aliphatic rings. The Morgan fingerprint density at radius 1 is 1.33 bits per heavy atom. The predicted octanol–water partition coefficient (Wildman–Crippen LogP) is 2.59. The van der Waals surface area contributed by atoms with Crippen LogP contribution in [0, 0.1) is 12.8 Å². The molecule has 0 spiro atoms. The van der Waals surface area contributed by atoms with Crippen molar-refractivity contribution in [3.63, 3.8) is 0 Å². The van der Waals surface area contributed by atoms with Crippen molar-refractivity contribution in [3.05, 3.63) is 53.4 Å². The highest BCUT2D eigenvalue weighted by atomic mass is 16.5. The van der Waals surface area contributed by atoms with E-state index in [4.69, 9.17) is 4.52 Å². The predicted molar refractivity (Wildman–Crippen MR) is 103 cm³/mol. The Kier molecular flexibility index (Phi) is 5.27. The highest BCUT2D eigenvalue weighted by molar-refractivity contribution is 5.83. The Morgan fingerprint density at radius 2 is 2.15 bits per heavy atom. The van der Waals surface area contributed by atoms with Crippen LogP contribution in [-0.4, -0.2) is 41.6 Å². The van der Waals surface area contributed by atoms with Crippen LogP contribution in [0.25, 0.3) is 0 Å². The molecule has 6 nitrogen and oxygen atoms in total. The topological polar surface area (TPSA) is 70.4 Å². The van der Waals surface area contributed by atoms with Crippen molar-refractivity contribution in [1.82, 2.24) is 20.9 Å². The van der Waals surface area contributed by atoms with Crippen molar-refractivity contribution >= 4 is 5.91 Å². The second-order valence-electron chi connectivity index (χ2n) is 7.85. The Bertz CT molecular complexity index is 775. The molecule has 0 bridgehead atoms. The van der Waals surface area contributed by atoms with Gasteiger partial charge in [0.1, 0.15) is 5.76 Å². The first-order valence-corrected chi connectivity index (χ1v) is 9.89. The van der Waals surface area contributed by atoms with Gasteiger partial charge in [0.05, 0.1) is 17.5 Å². The van der Waals surface area contributed by atoms with E-state index in [0.717, 1.165) is 49.5 Å². The number of carbonyl (C=O) groups is 1. The van der Waals surface area contributed by atoms with E-state index >= 15 is 0 Å². The highest BCUT2D eigenvalue weighted by Gasteiger charge is 2.39. The molecule has 6 heteroatoms. The molecule has 2 N–H and O–H groups in total. The summed E-state index contributed by atoms with van der Waals surface area (Å²) >= 11 is 0. The van der Waals surface area contributed by atoms with Crippen molar-refractivity contribution in [2.75, 3.05) is 19.6 Å². The number of aromatic nitrogens is 1. The van der Waals surface area contributed by atoms with E-state index in [2.05, 4.69) is 20.9 Å². The van der Waals surface area contributed by atoms with Gasteiger partial charge in [-0.15, -0.1) is 0 Å². The zero-order chi connectivity index (χ0) is 18.8. The molecule has 2 aliphatic heterocycles. The van der Waals surface area contributed by atoms with E-state index in [0.29, 0.717) is 5.92 Å². The number of aryl methyl sites for hydroxylation is 1. The molecule has 2 saturated heterocycles. The van der Waals surface area contributed by atoms with Gasteiger partial charge in [-0.1, -0.05) is 35.5 Å². The number of hydrogen-bond donors (Lipinski definition) is 2. The molecule has 144 valence electrons. The molecule has 0 saturated carbocycles. The van der Waals surface area contributed by atoms with Gasteiger partial charge in [0.15, 0.2) is 0 Å². The number of benzene rings is 1. The molecular weight excluding hydrogens is 340 g/mol. The molecule has 4 rings (SSSR count). The minimum Gasteiger partial charge on any atom is -0.361 e. The number of rotatable bonds is 4. The molecule has 0 radical (unpaired) electrons. The fourth-order valence-corrected chi connectivity index (χ4v) is 4.46. The Balaban J connectivity index is 1.45. The molecular formula is C21H28N4O2. The molecule has 1 aromatic heterocycles. The smallest absolute Gasteiger partial charge is 0.229 e. The largest absolute Gasteiger partial charge is 0.361 e. The summed E-state index contributed by atoms with van der Waals surface area (Å²) in [6.07, 6.45) is 2.16. The number of likely N-dealkylation sites (tertiary alicyclic amines) is 1. The number of piperidine rings is 1. The van der Waals surface area contributed by atoms with Crippen molar-refractivity contribution < 1.29 is 9.32 Å². The van der Waals surface area contributed by atoms with Crippen LogP contribution in [0.3, 0.4) is 0 Å². The van der Waals surface area contributed by atoms with Gasteiger partial charge in [0.25, 0.3) is 0 Å². The first kappa shape index (κ1) is 18.2. The van der Waals surface area contributed by atoms with Crippen molar-refractivity contribution in [2.24, 2.45) is 5.92 Å². The number of carbonyl (C=O) groups excluding carboxylic acids is 1. The van der Waals surface area contributed by atoms with Crippen LogP contribution in [0.1, 0.15) is 48.6 Å². The average Bonchev–Trinajstić information content (AvgIpc) is 3.36. The summed E-state index contributed by atoms with van der Waals surface area (Å²) in [4.78, 5) is 15.1. The molecule has 2 aromatic rings. The van der Waals surface area contributed by atoms with Crippen LogP contribution in [0.4, 0.5) is 0 Å². The summed E-state index contributed by atoms with van der Waals surface area (Å²) in [5, 5.41) is 4.05. The number of hydrogen-bond acceptors (Lipinski definition) is 5. The summed E-state index contributed by atoms with van der Waals surface area (Å²) in [7, 11) is 0. The zero-order valence-corrected chi connectivity index (χ0v) is 16.0. The van der Waals surface area contributed by atoms with E-state index in [1.54, 1.807) is 0 Å². The lowest BCUT2D eigenvalue weighted by Gasteiger charge is -2.38. The molecule has 3 heterocycles. The molecule has 4 atom stereocenters. The van der Waals surface area contributed by atoms with Gasteiger partial charge in [0, 0.05) is 31.7 Å². The Hall–Kier alpha value is -2.18. The summed E-state index contributed by atoms with van der Waals surface area (Å²) < 4.78 is 5.53. The van der Waals surface area contributed by atoms with Gasteiger partial charge < -0.3 is 9.42 Å². The number of hydrazine groups is 1. The monoisotopic (exact) mass is 368 g/mol. The van der Waals surface area contributed by atoms with Crippen LogP contribution in [0.5, 0.6) is 0 Å². The first-order chi connectivity index (χ1) is 13.1.